The molecule has 0 aromatic heterocycles. The largest absolute Gasteiger partial charge is 0.463 e. The summed E-state index contributed by atoms with van der Waals surface area (Å²) in [6.07, 6.45) is 23.1. The van der Waals surface area contributed by atoms with Gasteiger partial charge in [0.1, 0.15) is 6.61 Å². The SMILES string of the molecule is CCCCCCCCCCCCCCC1COC(COC(=O)CCCCC)C1. The summed E-state index contributed by atoms with van der Waals surface area (Å²) in [5.41, 5.74) is 0. The molecule has 0 N–H and O–H groups in total. The fourth-order valence-electron chi connectivity index (χ4n) is 4.15. The highest BCUT2D eigenvalue weighted by atomic mass is 16.6. The Morgan fingerprint density at radius 1 is 0.786 bits per heavy atom. The summed E-state index contributed by atoms with van der Waals surface area (Å²) >= 11 is 0. The standard InChI is InChI=1S/C25H48O3/c1-3-5-7-8-9-10-11-12-13-14-15-17-18-23-20-24(27-21-23)22-28-25(26)19-16-6-4-2/h23-24H,3-22H2,1-2H3. The summed E-state index contributed by atoms with van der Waals surface area (Å²) in [5, 5.41) is 0. The van der Waals surface area contributed by atoms with Crippen LogP contribution in [0.1, 0.15) is 129 Å². The van der Waals surface area contributed by atoms with Crippen LogP contribution in [0.25, 0.3) is 0 Å². The molecule has 0 aliphatic carbocycles. The van der Waals surface area contributed by atoms with Crippen LogP contribution < -0.4 is 0 Å². The van der Waals surface area contributed by atoms with Gasteiger partial charge in [-0.3, -0.25) is 4.79 Å². The Hall–Kier alpha value is -0.570. The van der Waals surface area contributed by atoms with Crippen molar-refractivity contribution in [3.05, 3.63) is 0 Å². The van der Waals surface area contributed by atoms with Gasteiger partial charge >= 0.3 is 5.97 Å². The molecule has 1 saturated heterocycles. The van der Waals surface area contributed by atoms with Crippen LogP contribution in [0.5, 0.6) is 0 Å². The van der Waals surface area contributed by atoms with Crippen LogP contribution >= 0.6 is 0 Å². The molecule has 3 nitrogen and oxygen atoms in total. The van der Waals surface area contributed by atoms with Crippen molar-refractivity contribution in [1.82, 2.24) is 0 Å². The van der Waals surface area contributed by atoms with Crippen LogP contribution in [0, 0.1) is 5.92 Å². The summed E-state index contributed by atoms with van der Waals surface area (Å²) in [7, 11) is 0. The molecule has 28 heavy (non-hydrogen) atoms. The van der Waals surface area contributed by atoms with E-state index in [-0.39, 0.29) is 12.1 Å². The molecule has 0 radical (unpaired) electrons. The van der Waals surface area contributed by atoms with Crippen LogP contribution in [0.2, 0.25) is 0 Å². The van der Waals surface area contributed by atoms with Gasteiger partial charge in [-0.2, -0.15) is 0 Å². The smallest absolute Gasteiger partial charge is 0.305 e. The normalized spacial score (nSPS) is 19.2. The second-order valence-electron chi connectivity index (χ2n) is 8.87. The predicted molar refractivity (Wildman–Crippen MR) is 119 cm³/mol. The Balaban J connectivity index is 1.85. The molecule has 2 atom stereocenters. The molecule has 1 fully saturated rings. The Kier molecular flexibility index (Phi) is 16.8. The molecular weight excluding hydrogens is 348 g/mol. The summed E-state index contributed by atoms with van der Waals surface area (Å²) in [4.78, 5) is 11.7. The molecule has 0 amide bonds. The van der Waals surface area contributed by atoms with Gasteiger partial charge in [-0.25, -0.2) is 0 Å². The topological polar surface area (TPSA) is 35.5 Å². The molecule has 1 heterocycles. The lowest BCUT2D eigenvalue weighted by Crippen LogP contribution is -2.17. The van der Waals surface area contributed by atoms with Crippen LogP contribution in [-0.4, -0.2) is 25.3 Å². The lowest BCUT2D eigenvalue weighted by Gasteiger charge is -2.10. The first-order chi connectivity index (χ1) is 13.8. The molecule has 166 valence electrons. The van der Waals surface area contributed by atoms with Gasteiger partial charge in [0, 0.05) is 6.42 Å². The van der Waals surface area contributed by atoms with Gasteiger partial charge in [0.05, 0.1) is 12.7 Å². The first-order valence-electron chi connectivity index (χ1n) is 12.5. The zero-order valence-corrected chi connectivity index (χ0v) is 19.0. The second kappa shape index (κ2) is 18.5. The Labute approximate surface area is 175 Å². The summed E-state index contributed by atoms with van der Waals surface area (Å²) in [5.74, 6) is 0.619. The minimum absolute atomic E-state index is 0.0542. The highest BCUT2D eigenvalue weighted by molar-refractivity contribution is 5.69. The Bertz CT molecular complexity index is 356. The minimum atomic E-state index is -0.0542. The molecule has 0 aromatic rings. The molecule has 0 aromatic carbocycles. The third kappa shape index (κ3) is 14.4. The summed E-state index contributed by atoms with van der Waals surface area (Å²) < 4.78 is 11.2. The van der Waals surface area contributed by atoms with E-state index in [0.717, 1.165) is 32.3 Å². The van der Waals surface area contributed by atoms with Crippen molar-refractivity contribution < 1.29 is 14.3 Å². The van der Waals surface area contributed by atoms with Gasteiger partial charge in [0.2, 0.25) is 0 Å². The first kappa shape index (κ1) is 25.5. The van der Waals surface area contributed by atoms with Gasteiger partial charge in [-0.05, 0) is 25.2 Å². The van der Waals surface area contributed by atoms with Crippen molar-refractivity contribution in [3.63, 3.8) is 0 Å². The van der Waals surface area contributed by atoms with Crippen LogP contribution in [0.15, 0.2) is 0 Å². The maximum absolute atomic E-state index is 11.7. The predicted octanol–water partition coefficient (Wildman–Crippen LogP) is 7.61. The van der Waals surface area contributed by atoms with E-state index in [1.165, 1.54) is 83.5 Å². The molecule has 3 heteroatoms. The third-order valence-corrected chi connectivity index (χ3v) is 6.04. The van der Waals surface area contributed by atoms with Crippen LogP contribution in [0.3, 0.4) is 0 Å². The maximum atomic E-state index is 11.7. The lowest BCUT2D eigenvalue weighted by atomic mass is 9.97. The number of hydrogen-bond donors (Lipinski definition) is 0. The number of unbranched alkanes of at least 4 members (excludes halogenated alkanes) is 13. The Morgan fingerprint density at radius 2 is 1.32 bits per heavy atom. The number of esters is 1. The van der Waals surface area contributed by atoms with E-state index in [4.69, 9.17) is 9.47 Å². The number of rotatable bonds is 19. The van der Waals surface area contributed by atoms with Crippen molar-refractivity contribution >= 4 is 5.97 Å². The molecular formula is C25H48O3. The first-order valence-corrected chi connectivity index (χ1v) is 12.5. The second-order valence-corrected chi connectivity index (χ2v) is 8.87. The van der Waals surface area contributed by atoms with E-state index in [9.17, 15) is 4.79 Å². The van der Waals surface area contributed by atoms with Crippen molar-refractivity contribution in [2.45, 2.75) is 136 Å². The molecule has 1 aliphatic rings. The van der Waals surface area contributed by atoms with Crippen molar-refractivity contribution in [2.75, 3.05) is 13.2 Å². The average Bonchev–Trinajstić information content (AvgIpc) is 3.15. The zero-order chi connectivity index (χ0) is 20.3. The average molecular weight is 397 g/mol. The van der Waals surface area contributed by atoms with Gasteiger partial charge in [0.15, 0.2) is 0 Å². The molecule has 2 unspecified atom stereocenters. The number of carbonyl (C=O) groups is 1. The van der Waals surface area contributed by atoms with Crippen molar-refractivity contribution in [2.24, 2.45) is 5.92 Å². The fraction of sp³-hybridized carbons (Fsp3) is 0.960. The number of hydrogen-bond acceptors (Lipinski definition) is 3. The van der Waals surface area contributed by atoms with E-state index in [1.807, 2.05) is 0 Å². The van der Waals surface area contributed by atoms with E-state index in [2.05, 4.69) is 13.8 Å². The van der Waals surface area contributed by atoms with Crippen LogP contribution in [-0.2, 0) is 14.3 Å². The van der Waals surface area contributed by atoms with E-state index in [0.29, 0.717) is 18.9 Å². The van der Waals surface area contributed by atoms with E-state index >= 15 is 0 Å². The maximum Gasteiger partial charge on any atom is 0.305 e. The summed E-state index contributed by atoms with van der Waals surface area (Å²) in [6, 6.07) is 0. The fourth-order valence-corrected chi connectivity index (χ4v) is 4.15. The monoisotopic (exact) mass is 396 g/mol. The highest BCUT2D eigenvalue weighted by Crippen LogP contribution is 2.25. The summed E-state index contributed by atoms with van der Waals surface area (Å²) in [6.45, 7) is 5.75. The zero-order valence-electron chi connectivity index (χ0n) is 19.0. The number of carbonyl (C=O) groups excluding carboxylic acids is 1. The minimum Gasteiger partial charge on any atom is -0.463 e. The quantitative estimate of drug-likeness (QED) is 0.166. The third-order valence-electron chi connectivity index (χ3n) is 6.04. The Morgan fingerprint density at radius 3 is 1.93 bits per heavy atom. The molecule has 1 rings (SSSR count). The molecule has 1 aliphatic heterocycles. The molecule has 0 spiro atoms. The van der Waals surface area contributed by atoms with E-state index < -0.39 is 0 Å². The molecule has 0 saturated carbocycles. The molecule has 0 bridgehead atoms. The van der Waals surface area contributed by atoms with E-state index in [1.54, 1.807) is 0 Å². The van der Waals surface area contributed by atoms with Crippen molar-refractivity contribution in [1.29, 1.82) is 0 Å². The van der Waals surface area contributed by atoms with Gasteiger partial charge in [-0.1, -0.05) is 104 Å². The lowest BCUT2D eigenvalue weighted by molar-refractivity contribution is -0.147. The van der Waals surface area contributed by atoms with Gasteiger partial charge in [0.25, 0.3) is 0 Å². The van der Waals surface area contributed by atoms with Gasteiger partial charge < -0.3 is 9.47 Å². The highest BCUT2D eigenvalue weighted by Gasteiger charge is 2.26. The van der Waals surface area contributed by atoms with Crippen LogP contribution in [0.4, 0.5) is 0 Å². The number of ether oxygens (including phenoxy) is 2. The van der Waals surface area contributed by atoms with Crippen molar-refractivity contribution in [3.8, 4) is 0 Å². The van der Waals surface area contributed by atoms with Gasteiger partial charge in [-0.15, -0.1) is 0 Å².